The molecule has 1 amide bonds. The van der Waals surface area contributed by atoms with Crippen LogP contribution in [0.2, 0.25) is 5.02 Å². The molecule has 1 N–H and O–H groups in total. The first-order valence-corrected chi connectivity index (χ1v) is 12.0. The van der Waals surface area contributed by atoms with Crippen molar-refractivity contribution in [1.82, 2.24) is 19.4 Å². The molecule has 1 aliphatic carbocycles. The largest absolute Gasteiger partial charge is 0.352 e. The van der Waals surface area contributed by atoms with Gasteiger partial charge in [-0.05, 0) is 43.9 Å². The van der Waals surface area contributed by atoms with Gasteiger partial charge < -0.3 is 5.32 Å². The molecule has 1 fully saturated rings. The predicted molar refractivity (Wildman–Crippen MR) is 114 cm³/mol. The number of hydrogen-bond acceptors (Lipinski definition) is 4. The van der Waals surface area contributed by atoms with E-state index in [1.807, 2.05) is 25.1 Å². The van der Waals surface area contributed by atoms with Crippen LogP contribution >= 0.6 is 11.6 Å². The minimum atomic E-state index is -3.21. The molecule has 29 heavy (non-hydrogen) atoms. The molecule has 0 saturated heterocycles. The van der Waals surface area contributed by atoms with Gasteiger partial charge in [0.15, 0.2) is 0 Å². The van der Waals surface area contributed by atoms with Crippen LogP contribution in [0.4, 0.5) is 0 Å². The summed E-state index contributed by atoms with van der Waals surface area (Å²) in [6.45, 7) is 4.94. The number of sulfonamides is 1. The number of rotatable bonds is 9. The van der Waals surface area contributed by atoms with Gasteiger partial charge in [0.2, 0.25) is 10.0 Å². The Morgan fingerprint density at radius 1 is 1.38 bits per heavy atom. The molecule has 0 bridgehead atoms. The number of benzene rings is 1. The van der Waals surface area contributed by atoms with E-state index in [9.17, 15) is 13.2 Å². The third-order valence-electron chi connectivity index (χ3n) is 5.11. The lowest BCUT2D eigenvalue weighted by Crippen LogP contribution is -2.33. The number of aryl methyl sites for hydroxylation is 1. The molecule has 0 spiro atoms. The van der Waals surface area contributed by atoms with Crippen molar-refractivity contribution in [2.24, 2.45) is 0 Å². The van der Waals surface area contributed by atoms with Gasteiger partial charge in [-0.3, -0.25) is 4.79 Å². The molecule has 0 aliphatic heterocycles. The van der Waals surface area contributed by atoms with Crippen LogP contribution in [-0.4, -0.2) is 54.3 Å². The fraction of sp³-hybridized carbons (Fsp3) is 0.500. The minimum absolute atomic E-state index is 0.182. The number of carbonyl (C=O) groups is 1. The number of aromatic nitrogens is 2. The smallest absolute Gasteiger partial charge is 0.254 e. The molecule has 0 radical (unpaired) electrons. The Hall–Kier alpha value is -1.90. The summed E-state index contributed by atoms with van der Waals surface area (Å²) in [4.78, 5) is 12.8. The summed E-state index contributed by atoms with van der Waals surface area (Å²) >= 11 is 6.27. The van der Waals surface area contributed by atoms with Crippen molar-refractivity contribution in [1.29, 1.82) is 0 Å². The van der Waals surface area contributed by atoms with Crippen LogP contribution in [0.3, 0.4) is 0 Å². The van der Waals surface area contributed by atoms with Crippen molar-refractivity contribution in [3.05, 3.63) is 46.2 Å². The molecule has 0 atom stereocenters. The zero-order chi connectivity index (χ0) is 21.2. The second kappa shape index (κ2) is 8.85. The fourth-order valence-corrected chi connectivity index (χ4v) is 4.42. The first kappa shape index (κ1) is 21.8. The van der Waals surface area contributed by atoms with Gasteiger partial charge in [-0.2, -0.15) is 5.10 Å². The lowest BCUT2D eigenvalue weighted by Gasteiger charge is -2.17. The van der Waals surface area contributed by atoms with Crippen LogP contribution in [0.15, 0.2) is 24.4 Å². The quantitative estimate of drug-likeness (QED) is 0.609. The Morgan fingerprint density at radius 2 is 2.10 bits per heavy atom. The average Bonchev–Trinajstić information content (AvgIpc) is 3.40. The molecular weight excluding hydrogens is 412 g/mol. The first-order chi connectivity index (χ1) is 13.7. The Morgan fingerprint density at radius 3 is 2.69 bits per heavy atom. The number of nitrogens with zero attached hydrogens (tertiary/aromatic N) is 3. The Bertz CT molecular complexity index is 999. The molecule has 0 unspecified atom stereocenters. The number of halogens is 1. The summed E-state index contributed by atoms with van der Waals surface area (Å²) in [7, 11) is -3.21. The lowest BCUT2D eigenvalue weighted by atomic mass is 10.1. The Balaban J connectivity index is 1.70. The number of nitrogens with one attached hydrogen (secondary N) is 1. The molecule has 2 aromatic rings. The Labute approximate surface area is 177 Å². The van der Waals surface area contributed by atoms with Crippen molar-refractivity contribution >= 4 is 27.5 Å². The van der Waals surface area contributed by atoms with Gasteiger partial charge in [0, 0.05) is 30.6 Å². The summed E-state index contributed by atoms with van der Waals surface area (Å²) in [5, 5.41) is 8.01. The van der Waals surface area contributed by atoms with Crippen LogP contribution < -0.4 is 5.32 Å². The van der Waals surface area contributed by atoms with E-state index < -0.39 is 10.0 Å². The third-order valence-corrected chi connectivity index (χ3v) is 6.89. The van der Waals surface area contributed by atoms with Crippen LogP contribution in [-0.2, 0) is 10.0 Å². The van der Waals surface area contributed by atoms with Crippen molar-refractivity contribution in [2.75, 3.05) is 25.9 Å². The molecule has 7 nitrogen and oxygen atoms in total. The molecule has 1 aromatic heterocycles. The molecule has 9 heteroatoms. The highest BCUT2D eigenvalue weighted by Crippen LogP contribution is 2.42. The van der Waals surface area contributed by atoms with E-state index in [0.717, 1.165) is 29.8 Å². The maximum Gasteiger partial charge on any atom is 0.254 e. The molecule has 1 heterocycles. The van der Waals surface area contributed by atoms with Crippen molar-refractivity contribution in [2.45, 2.75) is 39.0 Å². The average molecular weight is 439 g/mol. The molecule has 1 aliphatic rings. The summed E-state index contributed by atoms with van der Waals surface area (Å²) in [6.07, 6.45) is 5.41. The van der Waals surface area contributed by atoms with Crippen LogP contribution in [0.5, 0.6) is 0 Å². The minimum Gasteiger partial charge on any atom is -0.352 e. The van der Waals surface area contributed by atoms with Gasteiger partial charge in [0.1, 0.15) is 0 Å². The maximum absolute atomic E-state index is 12.8. The first-order valence-electron chi connectivity index (χ1n) is 9.80. The normalized spacial score (nSPS) is 14.4. The van der Waals surface area contributed by atoms with E-state index in [2.05, 4.69) is 10.4 Å². The molecule has 1 saturated carbocycles. The summed E-state index contributed by atoms with van der Waals surface area (Å²) in [5.41, 5.74) is 3.31. The second-order valence-electron chi connectivity index (χ2n) is 7.43. The zero-order valence-electron chi connectivity index (χ0n) is 17.0. The topological polar surface area (TPSA) is 84.3 Å². The highest BCUT2D eigenvalue weighted by Gasteiger charge is 2.33. The lowest BCUT2D eigenvalue weighted by molar-refractivity contribution is 0.0951. The van der Waals surface area contributed by atoms with E-state index in [0.29, 0.717) is 42.6 Å². The van der Waals surface area contributed by atoms with E-state index >= 15 is 0 Å². The fourth-order valence-electron chi connectivity index (χ4n) is 3.31. The van der Waals surface area contributed by atoms with Gasteiger partial charge >= 0.3 is 0 Å². The zero-order valence-corrected chi connectivity index (χ0v) is 18.6. The monoisotopic (exact) mass is 438 g/mol. The molecule has 1 aromatic carbocycles. The van der Waals surface area contributed by atoms with Crippen molar-refractivity contribution in [3.8, 4) is 5.69 Å². The molecule has 158 valence electrons. The van der Waals surface area contributed by atoms with Crippen molar-refractivity contribution < 1.29 is 13.2 Å². The predicted octanol–water partition coefficient (Wildman–Crippen LogP) is 3.11. The third kappa shape index (κ3) is 5.18. The van der Waals surface area contributed by atoms with Crippen LogP contribution in [0.25, 0.3) is 5.69 Å². The summed E-state index contributed by atoms with van der Waals surface area (Å²) < 4.78 is 26.5. The molecule has 3 rings (SSSR count). The van der Waals surface area contributed by atoms with Gasteiger partial charge in [-0.15, -0.1) is 0 Å². The number of carbonyl (C=O) groups excluding carboxylic acids is 1. The van der Waals surface area contributed by atoms with Gasteiger partial charge in [0.05, 0.1) is 29.4 Å². The van der Waals surface area contributed by atoms with Crippen LogP contribution in [0, 0.1) is 6.92 Å². The highest BCUT2D eigenvalue weighted by atomic mass is 35.5. The summed E-state index contributed by atoms with van der Waals surface area (Å²) in [6, 6.07) is 5.76. The van der Waals surface area contributed by atoms with Gasteiger partial charge in [-0.1, -0.05) is 24.6 Å². The van der Waals surface area contributed by atoms with Crippen LogP contribution in [0.1, 0.15) is 53.7 Å². The van der Waals surface area contributed by atoms with E-state index in [1.54, 1.807) is 17.8 Å². The summed E-state index contributed by atoms with van der Waals surface area (Å²) in [5.74, 6) is 0.137. The van der Waals surface area contributed by atoms with E-state index in [1.165, 1.54) is 10.6 Å². The van der Waals surface area contributed by atoms with Gasteiger partial charge in [0.25, 0.3) is 5.91 Å². The maximum atomic E-state index is 12.8. The standard InChI is InChI=1S/C20H27ClN4O3S/c1-4-24(29(3,27)28)11-5-10-22-20(26)17-13-23-25(19(17)15-7-8-15)16-9-6-14(2)18(21)12-16/h6,9,12-13,15H,4-5,7-8,10-11H2,1-3H3,(H,22,26). The van der Waals surface area contributed by atoms with E-state index in [-0.39, 0.29) is 5.91 Å². The van der Waals surface area contributed by atoms with Gasteiger partial charge in [-0.25, -0.2) is 17.4 Å². The molecular formula is C20H27ClN4O3S. The van der Waals surface area contributed by atoms with Crippen molar-refractivity contribution in [3.63, 3.8) is 0 Å². The van der Waals surface area contributed by atoms with E-state index in [4.69, 9.17) is 11.6 Å². The number of hydrogen-bond donors (Lipinski definition) is 1. The highest BCUT2D eigenvalue weighted by molar-refractivity contribution is 7.88. The Kier molecular flexibility index (Phi) is 6.65. The number of amides is 1. The SMILES string of the molecule is CCN(CCCNC(=O)c1cnn(-c2ccc(C)c(Cl)c2)c1C1CC1)S(C)(=O)=O. The second-order valence-corrected chi connectivity index (χ2v) is 9.82.